The summed E-state index contributed by atoms with van der Waals surface area (Å²) in [6.45, 7) is 0. The van der Waals surface area contributed by atoms with Crippen molar-refractivity contribution in [2.45, 2.75) is 0 Å². The maximum atomic E-state index is 12.4. The highest BCUT2D eigenvalue weighted by atomic mass is 32.1. The van der Waals surface area contributed by atoms with E-state index in [2.05, 4.69) is 15.3 Å². The van der Waals surface area contributed by atoms with Gasteiger partial charge in [0.15, 0.2) is 5.13 Å². The van der Waals surface area contributed by atoms with E-state index in [1.807, 2.05) is 30.3 Å². The van der Waals surface area contributed by atoms with E-state index >= 15 is 0 Å². The number of fused-ring (bicyclic) bond motifs is 2. The number of para-hydroxylation sites is 2. The topological polar surface area (TPSA) is 74.8 Å². The first-order valence-electron chi connectivity index (χ1n) is 7.00. The first kappa shape index (κ1) is 13.7. The standard InChI is InChI=1S/C17H11N3O2S/c21-15-10-5-1-2-6-12(10)18-9-11(15)16(22)20-17-19-13-7-3-4-8-14(13)23-17/h1-9H,(H,18,21)(H,19,20,22). The Morgan fingerprint density at radius 2 is 1.87 bits per heavy atom. The number of nitrogens with zero attached hydrogens (tertiary/aromatic N) is 1. The lowest BCUT2D eigenvalue weighted by molar-refractivity contribution is 0.102. The number of anilines is 1. The lowest BCUT2D eigenvalue weighted by atomic mass is 10.1. The Morgan fingerprint density at radius 3 is 2.74 bits per heavy atom. The summed E-state index contributed by atoms with van der Waals surface area (Å²) in [6, 6.07) is 14.7. The van der Waals surface area contributed by atoms with Crippen LogP contribution in [-0.4, -0.2) is 15.9 Å². The molecule has 23 heavy (non-hydrogen) atoms. The molecule has 4 rings (SSSR count). The maximum Gasteiger partial charge on any atom is 0.262 e. The van der Waals surface area contributed by atoms with E-state index in [9.17, 15) is 9.59 Å². The van der Waals surface area contributed by atoms with Gasteiger partial charge in [0.25, 0.3) is 5.91 Å². The molecule has 4 aromatic rings. The van der Waals surface area contributed by atoms with Crippen molar-refractivity contribution in [3.63, 3.8) is 0 Å². The fraction of sp³-hybridized carbons (Fsp3) is 0. The summed E-state index contributed by atoms with van der Waals surface area (Å²) in [6.07, 6.45) is 1.44. The number of aromatic amines is 1. The van der Waals surface area contributed by atoms with E-state index in [0.29, 0.717) is 16.0 Å². The SMILES string of the molecule is O=C(Nc1nc2ccccc2s1)c1c[nH]c2ccccc2c1=O. The zero-order valence-electron chi connectivity index (χ0n) is 11.9. The second-order valence-corrected chi connectivity index (χ2v) is 6.05. The molecule has 0 radical (unpaired) electrons. The molecule has 1 amide bonds. The van der Waals surface area contributed by atoms with E-state index in [1.54, 1.807) is 18.2 Å². The van der Waals surface area contributed by atoms with Gasteiger partial charge in [-0.2, -0.15) is 0 Å². The third kappa shape index (κ3) is 2.39. The molecule has 0 fully saturated rings. The van der Waals surface area contributed by atoms with Crippen LogP contribution < -0.4 is 10.7 Å². The molecule has 0 aliphatic rings. The Bertz CT molecular complexity index is 1060. The van der Waals surface area contributed by atoms with Gasteiger partial charge in [-0.1, -0.05) is 35.6 Å². The van der Waals surface area contributed by atoms with Crippen LogP contribution in [0.15, 0.2) is 59.5 Å². The van der Waals surface area contributed by atoms with Gasteiger partial charge in [0.1, 0.15) is 5.56 Å². The fourth-order valence-corrected chi connectivity index (χ4v) is 3.29. The maximum absolute atomic E-state index is 12.4. The number of benzene rings is 2. The van der Waals surface area contributed by atoms with E-state index in [-0.39, 0.29) is 11.0 Å². The molecule has 2 aromatic heterocycles. The molecule has 5 nitrogen and oxygen atoms in total. The molecule has 2 aromatic carbocycles. The van der Waals surface area contributed by atoms with Crippen LogP contribution in [0, 0.1) is 0 Å². The number of thiazole rings is 1. The number of carbonyl (C=O) groups is 1. The zero-order chi connectivity index (χ0) is 15.8. The van der Waals surface area contributed by atoms with Crippen molar-refractivity contribution in [2.24, 2.45) is 0 Å². The molecular weight excluding hydrogens is 310 g/mol. The zero-order valence-corrected chi connectivity index (χ0v) is 12.7. The van der Waals surface area contributed by atoms with E-state index in [4.69, 9.17) is 0 Å². The van der Waals surface area contributed by atoms with Gasteiger partial charge in [0.05, 0.1) is 10.2 Å². The van der Waals surface area contributed by atoms with Gasteiger partial charge in [-0.3, -0.25) is 14.9 Å². The van der Waals surface area contributed by atoms with Crippen LogP contribution in [0.2, 0.25) is 0 Å². The molecule has 0 unspecified atom stereocenters. The molecule has 0 saturated carbocycles. The average Bonchev–Trinajstić information content (AvgIpc) is 2.97. The van der Waals surface area contributed by atoms with Crippen LogP contribution in [-0.2, 0) is 0 Å². The number of pyridine rings is 1. The average molecular weight is 321 g/mol. The van der Waals surface area contributed by atoms with Gasteiger partial charge in [0, 0.05) is 17.1 Å². The molecule has 0 saturated heterocycles. The van der Waals surface area contributed by atoms with Crippen LogP contribution >= 0.6 is 11.3 Å². The predicted octanol–water partition coefficient (Wildman–Crippen LogP) is 3.39. The number of hydrogen-bond donors (Lipinski definition) is 2. The van der Waals surface area contributed by atoms with Crippen LogP contribution in [0.5, 0.6) is 0 Å². The Labute approximate surface area is 134 Å². The minimum atomic E-state index is -0.462. The number of hydrogen-bond acceptors (Lipinski definition) is 4. The summed E-state index contributed by atoms with van der Waals surface area (Å²) in [5.74, 6) is -0.462. The Kier molecular flexibility index (Phi) is 3.17. The first-order valence-corrected chi connectivity index (χ1v) is 7.81. The van der Waals surface area contributed by atoms with E-state index in [0.717, 1.165) is 10.2 Å². The van der Waals surface area contributed by atoms with Crippen molar-refractivity contribution in [3.8, 4) is 0 Å². The molecule has 112 valence electrons. The van der Waals surface area contributed by atoms with Gasteiger partial charge in [-0.15, -0.1) is 0 Å². The Balaban J connectivity index is 1.71. The molecule has 0 atom stereocenters. The highest BCUT2D eigenvalue weighted by Gasteiger charge is 2.14. The Morgan fingerprint density at radius 1 is 1.09 bits per heavy atom. The molecule has 0 aliphatic heterocycles. The van der Waals surface area contributed by atoms with Crippen LogP contribution in [0.4, 0.5) is 5.13 Å². The van der Waals surface area contributed by atoms with Gasteiger partial charge in [-0.25, -0.2) is 4.98 Å². The number of aromatic nitrogens is 2. The third-order valence-electron chi connectivity index (χ3n) is 3.55. The minimum Gasteiger partial charge on any atom is -0.360 e. The number of carbonyl (C=O) groups excluding carboxylic acids is 1. The van der Waals surface area contributed by atoms with Crippen molar-refractivity contribution in [2.75, 3.05) is 5.32 Å². The van der Waals surface area contributed by atoms with Gasteiger partial charge in [-0.05, 0) is 24.3 Å². The first-order chi connectivity index (χ1) is 11.2. The monoisotopic (exact) mass is 321 g/mol. The van der Waals surface area contributed by atoms with Crippen LogP contribution in [0.25, 0.3) is 21.1 Å². The number of H-pyrrole nitrogens is 1. The summed E-state index contributed by atoms with van der Waals surface area (Å²) in [5.41, 5.74) is 1.30. The van der Waals surface area contributed by atoms with Crippen molar-refractivity contribution in [1.82, 2.24) is 9.97 Å². The van der Waals surface area contributed by atoms with Crippen molar-refractivity contribution >= 4 is 43.5 Å². The Hall–Kier alpha value is -2.99. The fourth-order valence-electron chi connectivity index (χ4n) is 2.43. The minimum absolute atomic E-state index is 0.0722. The second kappa shape index (κ2) is 5.33. The van der Waals surface area contributed by atoms with Crippen molar-refractivity contribution in [3.05, 3.63) is 70.5 Å². The molecular formula is C17H11N3O2S. The molecule has 2 N–H and O–H groups in total. The summed E-state index contributed by atoms with van der Waals surface area (Å²) >= 11 is 1.37. The van der Waals surface area contributed by atoms with Crippen LogP contribution in [0.1, 0.15) is 10.4 Å². The molecule has 0 spiro atoms. The highest BCUT2D eigenvalue weighted by Crippen LogP contribution is 2.25. The normalized spacial score (nSPS) is 11.0. The highest BCUT2D eigenvalue weighted by molar-refractivity contribution is 7.22. The summed E-state index contributed by atoms with van der Waals surface area (Å²) in [4.78, 5) is 32.1. The summed E-state index contributed by atoms with van der Waals surface area (Å²) < 4.78 is 0.982. The number of amides is 1. The van der Waals surface area contributed by atoms with Crippen molar-refractivity contribution < 1.29 is 4.79 Å². The van der Waals surface area contributed by atoms with Gasteiger partial charge >= 0.3 is 0 Å². The lowest BCUT2D eigenvalue weighted by Gasteiger charge is -2.03. The molecule has 0 aliphatic carbocycles. The quantitative estimate of drug-likeness (QED) is 0.594. The smallest absolute Gasteiger partial charge is 0.262 e. The summed E-state index contributed by atoms with van der Waals surface area (Å²) in [5, 5.41) is 3.67. The van der Waals surface area contributed by atoms with E-state index in [1.165, 1.54) is 17.5 Å². The lowest BCUT2D eigenvalue weighted by Crippen LogP contribution is -2.21. The molecule has 6 heteroatoms. The number of rotatable bonds is 2. The number of nitrogens with one attached hydrogen (secondary N) is 2. The third-order valence-corrected chi connectivity index (χ3v) is 4.50. The molecule has 0 bridgehead atoms. The van der Waals surface area contributed by atoms with Gasteiger partial charge < -0.3 is 4.98 Å². The molecule has 2 heterocycles. The summed E-state index contributed by atoms with van der Waals surface area (Å²) in [7, 11) is 0. The van der Waals surface area contributed by atoms with Gasteiger partial charge in [0.2, 0.25) is 5.43 Å². The van der Waals surface area contributed by atoms with Crippen molar-refractivity contribution in [1.29, 1.82) is 0 Å². The van der Waals surface area contributed by atoms with Crippen LogP contribution in [0.3, 0.4) is 0 Å². The second-order valence-electron chi connectivity index (χ2n) is 5.02. The van der Waals surface area contributed by atoms with E-state index < -0.39 is 5.91 Å². The predicted molar refractivity (Wildman–Crippen MR) is 92.1 cm³/mol. The largest absolute Gasteiger partial charge is 0.360 e.